The van der Waals surface area contributed by atoms with Crippen molar-refractivity contribution in [1.82, 2.24) is 20.5 Å². The molecule has 2 amide bonds. The van der Waals surface area contributed by atoms with Crippen molar-refractivity contribution in [1.29, 1.82) is 0 Å². The van der Waals surface area contributed by atoms with Crippen LogP contribution in [-0.4, -0.2) is 39.0 Å². The number of hydrogen-bond donors (Lipinski definition) is 3. The van der Waals surface area contributed by atoms with Crippen molar-refractivity contribution in [3.63, 3.8) is 0 Å². The summed E-state index contributed by atoms with van der Waals surface area (Å²) in [6.07, 6.45) is 0.415. The lowest BCUT2D eigenvalue weighted by molar-refractivity contribution is -0.115. The van der Waals surface area contributed by atoms with Crippen molar-refractivity contribution in [2.75, 3.05) is 5.32 Å². The van der Waals surface area contributed by atoms with E-state index in [9.17, 15) is 18.4 Å². The highest BCUT2D eigenvalue weighted by molar-refractivity contribution is 5.96. The Balaban J connectivity index is 1.66. The van der Waals surface area contributed by atoms with Gasteiger partial charge in [0.1, 0.15) is 5.69 Å². The largest absolute Gasteiger partial charge is 0.340 e. The number of fused-ring (bicyclic) bond motifs is 1. The smallest absolute Gasteiger partial charge is 0.270 e. The minimum absolute atomic E-state index is 0.0644. The maximum absolute atomic E-state index is 12.9. The van der Waals surface area contributed by atoms with E-state index < -0.39 is 17.9 Å². The molecule has 3 rings (SSSR count). The summed E-state index contributed by atoms with van der Waals surface area (Å²) in [5.74, 6) is -1.03. The summed E-state index contributed by atoms with van der Waals surface area (Å²) in [6, 6.07) is 8.38. The molecule has 28 heavy (non-hydrogen) atoms. The lowest BCUT2D eigenvalue weighted by Crippen LogP contribution is -2.49. The number of amides is 2. The van der Waals surface area contributed by atoms with E-state index in [0.29, 0.717) is 5.69 Å². The Bertz CT molecular complexity index is 1020. The number of hydrogen-bond acceptors (Lipinski definition) is 4. The Labute approximate surface area is 159 Å². The predicted octanol–water partition coefficient (Wildman–Crippen LogP) is 2.91. The zero-order chi connectivity index (χ0) is 20.3. The molecular formula is C19H19F2N5O2. The fourth-order valence-electron chi connectivity index (χ4n) is 2.53. The number of carbonyl (C=O) groups excluding carboxylic acids is 2. The Morgan fingerprint density at radius 1 is 1.21 bits per heavy atom. The lowest BCUT2D eigenvalue weighted by atomic mass is 10.1. The Morgan fingerprint density at radius 3 is 2.75 bits per heavy atom. The SMILES string of the molecule is CC(C)(NC(=O)c1cc(NC(=O)Cc2ccc3cn[nH]c3c2)ccn1)C(F)F. The van der Waals surface area contributed by atoms with Crippen LogP contribution >= 0.6 is 0 Å². The number of nitrogens with zero attached hydrogens (tertiary/aromatic N) is 2. The number of aromatic nitrogens is 3. The van der Waals surface area contributed by atoms with Crippen molar-refractivity contribution in [2.24, 2.45) is 0 Å². The second-order valence-electron chi connectivity index (χ2n) is 6.92. The number of rotatable bonds is 6. The maximum atomic E-state index is 12.9. The quantitative estimate of drug-likeness (QED) is 0.605. The standard InChI is InChI=1S/C19H19F2N5O2/c1-19(2,18(20)21)25-17(28)15-9-13(5-6-22-15)24-16(27)8-11-3-4-12-10-23-26-14(12)7-11/h3-7,9-10,18H,8H2,1-2H3,(H,23,26)(H,25,28)(H,22,24,27). The first-order valence-corrected chi connectivity index (χ1v) is 8.53. The third-order valence-corrected chi connectivity index (χ3v) is 4.13. The van der Waals surface area contributed by atoms with Crippen LogP contribution in [0.1, 0.15) is 29.9 Å². The summed E-state index contributed by atoms with van der Waals surface area (Å²) in [5.41, 5.74) is 0.214. The van der Waals surface area contributed by atoms with Gasteiger partial charge in [-0.2, -0.15) is 5.10 Å². The van der Waals surface area contributed by atoms with Crippen LogP contribution in [-0.2, 0) is 11.2 Å². The van der Waals surface area contributed by atoms with Gasteiger partial charge in [0.05, 0.1) is 23.7 Å². The van der Waals surface area contributed by atoms with Gasteiger partial charge in [-0.25, -0.2) is 8.78 Å². The van der Waals surface area contributed by atoms with E-state index in [1.165, 1.54) is 32.2 Å². The van der Waals surface area contributed by atoms with Gasteiger partial charge in [-0.15, -0.1) is 0 Å². The van der Waals surface area contributed by atoms with Gasteiger partial charge in [0, 0.05) is 17.3 Å². The van der Waals surface area contributed by atoms with Crippen molar-refractivity contribution < 1.29 is 18.4 Å². The molecule has 3 N–H and O–H groups in total. The summed E-state index contributed by atoms with van der Waals surface area (Å²) >= 11 is 0. The lowest BCUT2D eigenvalue weighted by Gasteiger charge is -2.24. The fourth-order valence-corrected chi connectivity index (χ4v) is 2.53. The summed E-state index contributed by atoms with van der Waals surface area (Å²) in [4.78, 5) is 28.3. The molecule has 7 nitrogen and oxygen atoms in total. The van der Waals surface area contributed by atoms with Gasteiger partial charge in [-0.05, 0) is 37.6 Å². The van der Waals surface area contributed by atoms with Crippen LogP contribution in [0.2, 0.25) is 0 Å². The molecule has 0 aliphatic rings. The van der Waals surface area contributed by atoms with Gasteiger partial charge in [0.15, 0.2) is 0 Å². The molecule has 2 aromatic heterocycles. The number of alkyl halides is 2. The molecule has 0 aliphatic carbocycles. The van der Waals surface area contributed by atoms with Crippen molar-refractivity contribution >= 4 is 28.4 Å². The number of pyridine rings is 1. The van der Waals surface area contributed by atoms with Gasteiger partial charge < -0.3 is 10.6 Å². The molecule has 0 radical (unpaired) electrons. The summed E-state index contributed by atoms with van der Waals surface area (Å²) in [6.45, 7) is 2.44. The van der Waals surface area contributed by atoms with E-state index in [1.807, 2.05) is 18.2 Å². The maximum Gasteiger partial charge on any atom is 0.270 e. The number of benzene rings is 1. The summed E-state index contributed by atoms with van der Waals surface area (Å²) < 4.78 is 25.9. The monoisotopic (exact) mass is 387 g/mol. The first-order chi connectivity index (χ1) is 13.2. The highest BCUT2D eigenvalue weighted by Crippen LogP contribution is 2.17. The number of halogens is 2. The van der Waals surface area contributed by atoms with E-state index in [1.54, 1.807) is 6.20 Å². The van der Waals surface area contributed by atoms with Crippen LogP contribution in [0.25, 0.3) is 10.9 Å². The zero-order valence-electron chi connectivity index (χ0n) is 15.3. The molecule has 0 aliphatic heterocycles. The van der Waals surface area contributed by atoms with E-state index in [2.05, 4.69) is 25.8 Å². The molecule has 0 unspecified atom stereocenters. The average molecular weight is 387 g/mol. The van der Waals surface area contributed by atoms with Crippen LogP contribution in [0.4, 0.5) is 14.5 Å². The Hall–Kier alpha value is -3.36. The molecule has 3 aromatic rings. The molecule has 0 saturated carbocycles. The predicted molar refractivity (Wildman–Crippen MR) is 100 cm³/mol. The summed E-state index contributed by atoms with van der Waals surface area (Å²) in [5, 5.41) is 12.6. The Morgan fingerprint density at radius 2 is 2.00 bits per heavy atom. The fraction of sp³-hybridized carbons (Fsp3) is 0.263. The third kappa shape index (κ3) is 4.48. The molecule has 9 heteroatoms. The highest BCUT2D eigenvalue weighted by Gasteiger charge is 2.31. The molecule has 0 atom stereocenters. The van der Waals surface area contributed by atoms with Crippen LogP contribution in [0.15, 0.2) is 42.7 Å². The number of H-pyrrole nitrogens is 1. The Kier molecular flexibility index (Phi) is 5.34. The van der Waals surface area contributed by atoms with Crippen LogP contribution in [0.5, 0.6) is 0 Å². The van der Waals surface area contributed by atoms with Crippen LogP contribution in [0, 0.1) is 0 Å². The van der Waals surface area contributed by atoms with Crippen LogP contribution < -0.4 is 10.6 Å². The van der Waals surface area contributed by atoms with Crippen LogP contribution in [0.3, 0.4) is 0 Å². The van der Waals surface area contributed by atoms with Gasteiger partial charge in [0.2, 0.25) is 5.91 Å². The molecular weight excluding hydrogens is 368 g/mol. The minimum Gasteiger partial charge on any atom is -0.340 e. The molecule has 146 valence electrons. The van der Waals surface area contributed by atoms with Gasteiger partial charge in [0.25, 0.3) is 12.3 Å². The minimum atomic E-state index is -2.73. The third-order valence-electron chi connectivity index (χ3n) is 4.13. The van der Waals surface area contributed by atoms with E-state index in [0.717, 1.165) is 16.5 Å². The van der Waals surface area contributed by atoms with Crippen molar-refractivity contribution in [2.45, 2.75) is 32.2 Å². The second kappa shape index (κ2) is 7.71. The second-order valence-corrected chi connectivity index (χ2v) is 6.92. The molecule has 2 heterocycles. The first kappa shape index (κ1) is 19.4. The molecule has 0 fully saturated rings. The molecule has 1 aromatic carbocycles. The summed E-state index contributed by atoms with van der Waals surface area (Å²) in [7, 11) is 0. The molecule has 0 spiro atoms. The highest BCUT2D eigenvalue weighted by atomic mass is 19.3. The van der Waals surface area contributed by atoms with E-state index >= 15 is 0 Å². The van der Waals surface area contributed by atoms with E-state index in [4.69, 9.17) is 0 Å². The van der Waals surface area contributed by atoms with E-state index in [-0.39, 0.29) is 18.0 Å². The average Bonchev–Trinajstić information content (AvgIpc) is 3.09. The van der Waals surface area contributed by atoms with Gasteiger partial charge >= 0.3 is 0 Å². The van der Waals surface area contributed by atoms with Gasteiger partial charge in [-0.1, -0.05) is 12.1 Å². The zero-order valence-corrected chi connectivity index (χ0v) is 15.3. The number of aromatic amines is 1. The topological polar surface area (TPSA) is 99.8 Å². The van der Waals surface area contributed by atoms with Crippen molar-refractivity contribution in [3.05, 3.63) is 54.0 Å². The molecule has 0 bridgehead atoms. The van der Waals surface area contributed by atoms with Gasteiger partial charge in [-0.3, -0.25) is 19.7 Å². The normalized spacial score (nSPS) is 11.6. The van der Waals surface area contributed by atoms with Crippen molar-refractivity contribution in [3.8, 4) is 0 Å². The number of anilines is 1. The number of carbonyl (C=O) groups is 2. The first-order valence-electron chi connectivity index (χ1n) is 8.53. The molecule has 0 saturated heterocycles. The number of nitrogens with one attached hydrogen (secondary N) is 3.